The fraction of sp³-hybridized carbons (Fsp3) is 0.636. The Morgan fingerprint density at radius 1 is 1.07 bits per heavy atom. The molecule has 0 saturated heterocycles. The molecule has 1 N–H and O–H groups in total. The first-order chi connectivity index (χ1) is 13.0. The maximum atomic E-state index is 12.7. The van der Waals surface area contributed by atoms with Gasteiger partial charge in [-0.1, -0.05) is 0 Å². The molecule has 1 aromatic carbocycles. The molecule has 4 aliphatic rings. The molecule has 4 aliphatic carbocycles. The molecule has 0 radical (unpaired) electrons. The summed E-state index contributed by atoms with van der Waals surface area (Å²) in [4.78, 5) is 25.1. The third-order valence-electron chi connectivity index (χ3n) is 6.48. The highest BCUT2D eigenvalue weighted by molar-refractivity contribution is 5.92. The number of carbonyl (C=O) groups excluding carboxylic acids is 2. The lowest BCUT2D eigenvalue weighted by Gasteiger charge is -2.57. The monoisotopic (exact) mass is 371 g/mol. The van der Waals surface area contributed by atoms with E-state index in [1.807, 2.05) is 6.92 Å². The second-order valence-electron chi connectivity index (χ2n) is 8.69. The zero-order chi connectivity index (χ0) is 19.0. The average Bonchev–Trinajstić information content (AvgIpc) is 2.61. The van der Waals surface area contributed by atoms with Crippen LogP contribution >= 0.6 is 0 Å². The van der Waals surface area contributed by atoms with Gasteiger partial charge in [-0.2, -0.15) is 0 Å². The third kappa shape index (κ3) is 3.83. The van der Waals surface area contributed by atoms with Gasteiger partial charge in [0.05, 0.1) is 12.2 Å². The molecule has 5 rings (SSSR count). The van der Waals surface area contributed by atoms with Crippen molar-refractivity contribution >= 4 is 11.9 Å². The van der Waals surface area contributed by atoms with Crippen LogP contribution in [0.3, 0.4) is 0 Å². The molecule has 0 unspecified atom stereocenters. The van der Waals surface area contributed by atoms with Crippen molar-refractivity contribution in [2.45, 2.75) is 64.0 Å². The summed E-state index contributed by atoms with van der Waals surface area (Å²) >= 11 is 0. The van der Waals surface area contributed by atoms with Crippen molar-refractivity contribution in [3.63, 3.8) is 0 Å². The van der Waals surface area contributed by atoms with Crippen molar-refractivity contribution in [1.82, 2.24) is 5.32 Å². The standard InChI is InChI=1S/C22H29NO4/c1-3-26-19-6-4-18(5-7-19)21(25)27-14(2)20(24)23-22-11-15-8-16(12-22)10-17(9-15)13-22/h4-7,14-17H,3,8-13H2,1-2H3,(H,23,24)/t14-,15?,16?,17?,22?/m0/s1. The van der Waals surface area contributed by atoms with E-state index in [0.717, 1.165) is 37.0 Å². The Bertz CT molecular complexity index is 676. The largest absolute Gasteiger partial charge is 0.494 e. The zero-order valence-corrected chi connectivity index (χ0v) is 16.2. The molecule has 0 aliphatic heterocycles. The summed E-state index contributed by atoms with van der Waals surface area (Å²) in [6.45, 7) is 4.14. The van der Waals surface area contributed by atoms with Gasteiger partial charge in [0.1, 0.15) is 5.75 Å². The van der Waals surface area contributed by atoms with Crippen LogP contribution in [0.5, 0.6) is 5.75 Å². The van der Waals surface area contributed by atoms with E-state index in [4.69, 9.17) is 9.47 Å². The lowest BCUT2D eigenvalue weighted by Crippen LogP contribution is -2.61. The van der Waals surface area contributed by atoms with E-state index < -0.39 is 12.1 Å². The third-order valence-corrected chi connectivity index (χ3v) is 6.48. The fourth-order valence-electron chi connectivity index (χ4n) is 5.76. The first-order valence-electron chi connectivity index (χ1n) is 10.2. The number of hydrogen-bond acceptors (Lipinski definition) is 4. The number of benzene rings is 1. The number of esters is 1. The van der Waals surface area contributed by atoms with Crippen molar-refractivity contribution in [2.24, 2.45) is 17.8 Å². The van der Waals surface area contributed by atoms with E-state index in [-0.39, 0.29) is 11.4 Å². The number of rotatable bonds is 6. The molecular weight excluding hydrogens is 342 g/mol. The lowest BCUT2D eigenvalue weighted by atomic mass is 9.53. The minimum atomic E-state index is -0.794. The molecule has 4 bridgehead atoms. The molecule has 0 aromatic heterocycles. The molecule has 5 nitrogen and oxygen atoms in total. The Morgan fingerprint density at radius 3 is 2.15 bits per heavy atom. The molecule has 146 valence electrons. The van der Waals surface area contributed by atoms with Gasteiger partial charge >= 0.3 is 5.97 Å². The molecule has 0 spiro atoms. The smallest absolute Gasteiger partial charge is 0.338 e. The molecular formula is C22H29NO4. The Morgan fingerprint density at radius 2 is 1.63 bits per heavy atom. The first-order valence-corrected chi connectivity index (χ1v) is 10.2. The van der Waals surface area contributed by atoms with Crippen molar-refractivity contribution in [3.05, 3.63) is 29.8 Å². The van der Waals surface area contributed by atoms with E-state index in [9.17, 15) is 9.59 Å². The van der Waals surface area contributed by atoms with Crippen LogP contribution in [-0.2, 0) is 9.53 Å². The summed E-state index contributed by atoms with van der Waals surface area (Å²) in [5, 5.41) is 3.27. The van der Waals surface area contributed by atoms with E-state index in [0.29, 0.717) is 17.9 Å². The highest BCUT2D eigenvalue weighted by Gasteiger charge is 2.51. The minimum absolute atomic E-state index is 0.0638. The van der Waals surface area contributed by atoms with Crippen LogP contribution in [-0.4, -0.2) is 30.1 Å². The van der Waals surface area contributed by atoms with Crippen molar-refractivity contribution in [2.75, 3.05) is 6.61 Å². The lowest BCUT2D eigenvalue weighted by molar-refractivity contribution is -0.134. The summed E-state index contributed by atoms with van der Waals surface area (Å²) in [6.07, 6.45) is 6.46. The minimum Gasteiger partial charge on any atom is -0.494 e. The summed E-state index contributed by atoms with van der Waals surface area (Å²) in [5.74, 6) is 2.35. The zero-order valence-electron chi connectivity index (χ0n) is 16.2. The van der Waals surface area contributed by atoms with E-state index in [1.54, 1.807) is 31.2 Å². The molecule has 1 amide bonds. The van der Waals surface area contributed by atoms with E-state index in [1.165, 1.54) is 19.3 Å². The highest BCUT2D eigenvalue weighted by atomic mass is 16.5. The Kier molecular flexibility index (Phi) is 4.87. The van der Waals surface area contributed by atoms with Crippen molar-refractivity contribution < 1.29 is 19.1 Å². The van der Waals surface area contributed by atoms with Gasteiger partial charge in [0, 0.05) is 5.54 Å². The van der Waals surface area contributed by atoms with Crippen LogP contribution < -0.4 is 10.1 Å². The number of amides is 1. The van der Waals surface area contributed by atoms with Crippen LogP contribution in [0.25, 0.3) is 0 Å². The summed E-state index contributed by atoms with van der Waals surface area (Å²) in [7, 11) is 0. The summed E-state index contributed by atoms with van der Waals surface area (Å²) < 4.78 is 10.8. The second-order valence-corrected chi connectivity index (χ2v) is 8.69. The number of hydrogen-bond donors (Lipinski definition) is 1. The number of ether oxygens (including phenoxy) is 2. The molecule has 1 atom stereocenters. The maximum absolute atomic E-state index is 12.7. The van der Waals surface area contributed by atoms with Crippen LogP contribution in [0.2, 0.25) is 0 Å². The normalized spacial score (nSPS) is 32.0. The quantitative estimate of drug-likeness (QED) is 0.774. The summed E-state index contributed by atoms with van der Waals surface area (Å²) in [6, 6.07) is 6.80. The molecule has 5 heteroatoms. The maximum Gasteiger partial charge on any atom is 0.338 e. The van der Waals surface area contributed by atoms with Gasteiger partial charge in [-0.15, -0.1) is 0 Å². The van der Waals surface area contributed by atoms with Gasteiger partial charge < -0.3 is 14.8 Å². The van der Waals surface area contributed by atoms with Gasteiger partial charge in [-0.25, -0.2) is 4.79 Å². The number of nitrogens with one attached hydrogen (secondary N) is 1. The Labute approximate surface area is 160 Å². The van der Waals surface area contributed by atoms with Crippen molar-refractivity contribution in [1.29, 1.82) is 0 Å². The molecule has 4 fully saturated rings. The highest BCUT2D eigenvalue weighted by Crippen LogP contribution is 2.55. The summed E-state index contributed by atoms with van der Waals surface area (Å²) in [5.41, 5.74) is 0.360. The van der Waals surface area contributed by atoms with Crippen LogP contribution in [0.4, 0.5) is 0 Å². The SMILES string of the molecule is CCOc1ccc(C(=O)O[C@@H](C)C(=O)NC23CC4CC(CC(C4)C2)C3)cc1. The molecule has 1 aromatic rings. The number of carbonyl (C=O) groups is 2. The van der Waals surface area contributed by atoms with Crippen LogP contribution in [0, 0.1) is 17.8 Å². The predicted molar refractivity (Wildman–Crippen MR) is 102 cm³/mol. The first kappa shape index (κ1) is 18.3. The van der Waals surface area contributed by atoms with Crippen molar-refractivity contribution in [3.8, 4) is 5.75 Å². The average molecular weight is 371 g/mol. The fourth-order valence-corrected chi connectivity index (χ4v) is 5.76. The predicted octanol–water partition coefficient (Wildman–Crippen LogP) is 3.72. The van der Waals surface area contributed by atoms with Crippen LogP contribution in [0.15, 0.2) is 24.3 Å². The van der Waals surface area contributed by atoms with Crippen LogP contribution in [0.1, 0.15) is 62.7 Å². The Balaban J connectivity index is 1.34. The van der Waals surface area contributed by atoms with Gasteiger partial charge in [0.2, 0.25) is 0 Å². The van der Waals surface area contributed by atoms with Gasteiger partial charge in [0.25, 0.3) is 5.91 Å². The second kappa shape index (κ2) is 7.17. The van der Waals surface area contributed by atoms with E-state index >= 15 is 0 Å². The molecule has 0 heterocycles. The van der Waals surface area contributed by atoms with E-state index in [2.05, 4.69) is 5.32 Å². The van der Waals surface area contributed by atoms with Gasteiger partial charge in [-0.3, -0.25) is 4.79 Å². The van der Waals surface area contributed by atoms with Gasteiger partial charge in [-0.05, 0) is 94.4 Å². The molecule has 27 heavy (non-hydrogen) atoms. The Hall–Kier alpha value is -2.04. The topological polar surface area (TPSA) is 64.6 Å². The van der Waals surface area contributed by atoms with Gasteiger partial charge in [0.15, 0.2) is 6.10 Å². The molecule has 4 saturated carbocycles.